The summed E-state index contributed by atoms with van der Waals surface area (Å²) in [5.41, 5.74) is 1.95. The third-order valence-corrected chi connectivity index (χ3v) is 3.71. The Morgan fingerprint density at radius 3 is 2.58 bits per heavy atom. The SMILES string of the molecule is CNC(C)Cc1noc(-c2ccc(OCc3ccncc3)cc2)n1. The quantitative estimate of drug-likeness (QED) is 0.720. The predicted molar refractivity (Wildman–Crippen MR) is 90.5 cm³/mol. The number of hydrogen-bond acceptors (Lipinski definition) is 6. The molecule has 1 atom stereocenters. The maximum absolute atomic E-state index is 5.75. The van der Waals surface area contributed by atoms with Crippen molar-refractivity contribution in [3.63, 3.8) is 0 Å². The topological polar surface area (TPSA) is 73.1 Å². The van der Waals surface area contributed by atoms with Gasteiger partial charge in [0.25, 0.3) is 5.89 Å². The lowest BCUT2D eigenvalue weighted by Gasteiger charge is -2.06. The Morgan fingerprint density at radius 2 is 1.88 bits per heavy atom. The van der Waals surface area contributed by atoms with E-state index in [0.29, 0.717) is 24.4 Å². The number of likely N-dealkylation sites (N-methyl/N-ethyl adjacent to an activating group) is 1. The van der Waals surface area contributed by atoms with E-state index < -0.39 is 0 Å². The lowest BCUT2D eigenvalue weighted by molar-refractivity contribution is 0.306. The fraction of sp³-hybridized carbons (Fsp3) is 0.278. The molecule has 1 aromatic carbocycles. The van der Waals surface area contributed by atoms with Crippen LogP contribution in [0.2, 0.25) is 0 Å². The van der Waals surface area contributed by atoms with Crippen molar-refractivity contribution in [2.24, 2.45) is 0 Å². The van der Waals surface area contributed by atoms with Crippen LogP contribution in [0, 0.1) is 0 Å². The van der Waals surface area contributed by atoms with Gasteiger partial charge in [-0.3, -0.25) is 4.98 Å². The third-order valence-electron chi connectivity index (χ3n) is 3.71. The molecule has 0 amide bonds. The minimum atomic E-state index is 0.305. The van der Waals surface area contributed by atoms with Crippen molar-refractivity contribution >= 4 is 0 Å². The Labute approximate surface area is 140 Å². The molecule has 0 bridgehead atoms. The summed E-state index contributed by atoms with van der Waals surface area (Å²) in [5.74, 6) is 2.01. The maximum atomic E-state index is 5.75. The van der Waals surface area contributed by atoms with Crippen molar-refractivity contribution in [3.8, 4) is 17.2 Å². The van der Waals surface area contributed by atoms with E-state index in [9.17, 15) is 0 Å². The van der Waals surface area contributed by atoms with Crippen LogP contribution in [0.25, 0.3) is 11.5 Å². The molecule has 0 saturated heterocycles. The van der Waals surface area contributed by atoms with Crippen LogP contribution in [0.4, 0.5) is 0 Å². The van der Waals surface area contributed by atoms with Gasteiger partial charge >= 0.3 is 0 Å². The van der Waals surface area contributed by atoms with Crippen LogP contribution in [-0.2, 0) is 13.0 Å². The Balaban J connectivity index is 1.62. The maximum Gasteiger partial charge on any atom is 0.257 e. The van der Waals surface area contributed by atoms with Crippen LogP contribution in [0.15, 0.2) is 53.3 Å². The molecule has 3 aromatic rings. The van der Waals surface area contributed by atoms with Crippen LogP contribution in [0.1, 0.15) is 18.3 Å². The molecule has 0 fully saturated rings. The van der Waals surface area contributed by atoms with Crippen molar-refractivity contribution in [3.05, 3.63) is 60.2 Å². The van der Waals surface area contributed by atoms with Gasteiger partial charge in [-0.05, 0) is 55.9 Å². The monoisotopic (exact) mass is 324 g/mol. The highest BCUT2D eigenvalue weighted by atomic mass is 16.5. The zero-order valence-corrected chi connectivity index (χ0v) is 13.8. The van der Waals surface area contributed by atoms with E-state index in [-0.39, 0.29) is 0 Å². The van der Waals surface area contributed by atoms with E-state index in [2.05, 4.69) is 27.4 Å². The Hall–Kier alpha value is -2.73. The van der Waals surface area contributed by atoms with Gasteiger partial charge < -0.3 is 14.6 Å². The molecule has 3 rings (SSSR count). The van der Waals surface area contributed by atoms with E-state index in [0.717, 1.165) is 23.3 Å². The van der Waals surface area contributed by atoms with Crippen molar-refractivity contribution < 1.29 is 9.26 Å². The molecule has 1 unspecified atom stereocenters. The third kappa shape index (κ3) is 4.17. The first-order valence-corrected chi connectivity index (χ1v) is 7.86. The molecule has 0 radical (unpaired) electrons. The van der Waals surface area contributed by atoms with Gasteiger partial charge in [0.05, 0.1) is 0 Å². The molecular weight excluding hydrogens is 304 g/mol. The summed E-state index contributed by atoms with van der Waals surface area (Å²) in [5, 5.41) is 7.17. The zero-order chi connectivity index (χ0) is 16.8. The smallest absolute Gasteiger partial charge is 0.257 e. The molecule has 0 spiro atoms. The summed E-state index contributed by atoms with van der Waals surface area (Å²) in [6, 6.07) is 11.8. The largest absolute Gasteiger partial charge is 0.489 e. The number of ether oxygens (including phenoxy) is 1. The van der Waals surface area contributed by atoms with Gasteiger partial charge in [0.2, 0.25) is 0 Å². The van der Waals surface area contributed by atoms with Crippen molar-refractivity contribution in [2.45, 2.75) is 26.0 Å². The molecule has 2 aromatic heterocycles. The van der Waals surface area contributed by atoms with Gasteiger partial charge in [0, 0.05) is 30.4 Å². The molecule has 124 valence electrons. The molecule has 1 N–H and O–H groups in total. The molecule has 0 saturated carbocycles. The highest BCUT2D eigenvalue weighted by molar-refractivity contribution is 5.54. The highest BCUT2D eigenvalue weighted by Crippen LogP contribution is 2.21. The van der Waals surface area contributed by atoms with E-state index in [4.69, 9.17) is 9.26 Å². The molecule has 0 aliphatic carbocycles. The number of nitrogens with one attached hydrogen (secondary N) is 1. The molecule has 24 heavy (non-hydrogen) atoms. The van der Waals surface area contributed by atoms with Crippen LogP contribution in [-0.4, -0.2) is 28.2 Å². The summed E-state index contributed by atoms with van der Waals surface area (Å²) < 4.78 is 11.1. The van der Waals surface area contributed by atoms with Gasteiger partial charge in [-0.1, -0.05) is 5.16 Å². The normalized spacial score (nSPS) is 12.1. The summed E-state index contributed by atoms with van der Waals surface area (Å²) in [6.07, 6.45) is 4.24. The Morgan fingerprint density at radius 1 is 1.12 bits per heavy atom. The summed E-state index contributed by atoms with van der Waals surface area (Å²) in [7, 11) is 1.91. The Kier molecular flexibility index (Phi) is 5.18. The lowest BCUT2D eigenvalue weighted by Crippen LogP contribution is -2.24. The average Bonchev–Trinajstić information content (AvgIpc) is 3.09. The Bertz CT molecular complexity index is 756. The van der Waals surface area contributed by atoms with E-state index in [1.165, 1.54) is 0 Å². The van der Waals surface area contributed by atoms with Crippen LogP contribution in [0.3, 0.4) is 0 Å². The average molecular weight is 324 g/mol. The molecule has 0 aliphatic heterocycles. The zero-order valence-electron chi connectivity index (χ0n) is 13.8. The summed E-state index contributed by atoms with van der Waals surface area (Å²) in [4.78, 5) is 8.41. The molecule has 6 nitrogen and oxygen atoms in total. The van der Waals surface area contributed by atoms with Crippen LogP contribution >= 0.6 is 0 Å². The summed E-state index contributed by atoms with van der Waals surface area (Å²) >= 11 is 0. The number of benzene rings is 1. The molecule has 6 heteroatoms. The fourth-order valence-electron chi connectivity index (χ4n) is 2.17. The van der Waals surface area contributed by atoms with E-state index in [1.807, 2.05) is 43.4 Å². The number of aromatic nitrogens is 3. The number of pyridine rings is 1. The second-order valence-electron chi connectivity index (χ2n) is 5.58. The first-order valence-electron chi connectivity index (χ1n) is 7.86. The second kappa shape index (κ2) is 7.70. The van der Waals surface area contributed by atoms with Crippen molar-refractivity contribution in [1.82, 2.24) is 20.4 Å². The van der Waals surface area contributed by atoms with Crippen LogP contribution < -0.4 is 10.1 Å². The van der Waals surface area contributed by atoms with Gasteiger partial charge in [0.1, 0.15) is 12.4 Å². The van der Waals surface area contributed by atoms with Gasteiger partial charge in [-0.15, -0.1) is 0 Å². The number of nitrogens with zero attached hydrogens (tertiary/aromatic N) is 3. The second-order valence-corrected chi connectivity index (χ2v) is 5.58. The fourth-order valence-corrected chi connectivity index (χ4v) is 2.17. The standard InChI is InChI=1S/C18H20N4O2/c1-13(19-2)11-17-21-18(24-22-17)15-3-5-16(6-4-15)23-12-14-7-9-20-10-8-14/h3-10,13,19H,11-12H2,1-2H3. The van der Waals surface area contributed by atoms with E-state index in [1.54, 1.807) is 12.4 Å². The van der Waals surface area contributed by atoms with Gasteiger partial charge in [-0.2, -0.15) is 4.98 Å². The van der Waals surface area contributed by atoms with Crippen LogP contribution in [0.5, 0.6) is 5.75 Å². The predicted octanol–water partition coefficient (Wildman–Crippen LogP) is 2.86. The molecular formula is C18H20N4O2. The van der Waals surface area contributed by atoms with Gasteiger partial charge in [0.15, 0.2) is 5.82 Å². The van der Waals surface area contributed by atoms with Crippen molar-refractivity contribution in [1.29, 1.82) is 0 Å². The molecule has 0 aliphatic rings. The lowest BCUT2D eigenvalue weighted by atomic mass is 10.2. The minimum Gasteiger partial charge on any atom is -0.489 e. The minimum absolute atomic E-state index is 0.305. The van der Waals surface area contributed by atoms with Crippen molar-refractivity contribution in [2.75, 3.05) is 7.05 Å². The summed E-state index contributed by atoms with van der Waals surface area (Å²) in [6.45, 7) is 2.58. The molecule has 2 heterocycles. The van der Waals surface area contributed by atoms with Gasteiger partial charge in [-0.25, -0.2) is 0 Å². The highest BCUT2D eigenvalue weighted by Gasteiger charge is 2.11. The number of hydrogen-bond donors (Lipinski definition) is 1. The number of rotatable bonds is 7. The first kappa shape index (κ1) is 16.1. The van der Waals surface area contributed by atoms with E-state index >= 15 is 0 Å². The first-order chi connectivity index (χ1) is 11.7.